The molecule has 2 heterocycles. The van der Waals surface area contributed by atoms with Gasteiger partial charge in [-0.2, -0.15) is 0 Å². The Hall–Kier alpha value is -2.65. The number of aryl methyl sites for hydroxylation is 2. The lowest BCUT2D eigenvalue weighted by Gasteiger charge is -2.35. The summed E-state index contributed by atoms with van der Waals surface area (Å²) < 4.78 is 0.467. The number of piperazine rings is 1. The average Bonchev–Trinajstić information content (AvgIpc) is 3.44. The molecular formula is C28H30BrClN4O2S. The maximum Gasteiger partial charge on any atom is 0.264 e. The van der Waals surface area contributed by atoms with Gasteiger partial charge in [0.1, 0.15) is 4.48 Å². The SMILES string of the molecule is CN/C(CN1CCN(C(=O)c2ccc(Cl)cc2CCc2cccs2)CC1)=C(/Br)C(=O)Nc1ccccc1. The zero-order valence-electron chi connectivity index (χ0n) is 20.7. The van der Waals surface area contributed by atoms with Crippen molar-refractivity contribution in [3.8, 4) is 0 Å². The number of halogens is 2. The molecule has 1 aliphatic rings. The van der Waals surface area contributed by atoms with Crippen molar-refractivity contribution in [2.45, 2.75) is 12.8 Å². The minimum absolute atomic E-state index is 0.0466. The molecule has 1 aliphatic heterocycles. The fourth-order valence-electron chi connectivity index (χ4n) is 4.30. The summed E-state index contributed by atoms with van der Waals surface area (Å²) in [5.41, 5.74) is 3.25. The predicted octanol–water partition coefficient (Wildman–Crippen LogP) is 5.41. The number of amides is 2. The third kappa shape index (κ3) is 7.45. The second-order valence-corrected chi connectivity index (χ2v) is 11.1. The summed E-state index contributed by atoms with van der Waals surface area (Å²) in [7, 11) is 1.81. The van der Waals surface area contributed by atoms with E-state index in [0.717, 1.165) is 48.4 Å². The minimum atomic E-state index is -0.206. The van der Waals surface area contributed by atoms with Crippen LogP contribution in [0, 0.1) is 0 Å². The number of rotatable bonds is 9. The van der Waals surface area contributed by atoms with E-state index in [4.69, 9.17) is 11.6 Å². The van der Waals surface area contributed by atoms with Crippen LogP contribution in [0.3, 0.4) is 0 Å². The second kappa shape index (κ2) is 13.2. The fraction of sp³-hybridized carbons (Fsp3) is 0.286. The summed E-state index contributed by atoms with van der Waals surface area (Å²) in [6.45, 7) is 3.26. The van der Waals surface area contributed by atoms with E-state index in [9.17, 15) is 9.59 Å². The summed E-state index contributed by atoms with van der Waals surface area (Å²) in [5.74, 6) is -0.160. The molecule has 1 aromatic heterocycles. The first-order chi connectivity index (χ1) is 17.9. The highest BCUT2D eigenvalue weighted by Crippen LogP contribution is 2.22. The van der Waals surface area contributed by atoms with Crippen LogP contribution in [0.1, 0.15) is 20.8 Å². The Balaban J connectivity index is 1.35. The highest BCUT2D eigenvalue weighted by atomic mass is 79.9. The van der Waals surface area contributed by atoms with Gasteiger partial charge in [0.05, 0.1) is 0 Å². The first-order valence-electron chi connectivity index (χ1n) is 12.2. The van der Waals surface area contributed by atoms with Crippen molar-refractivity contribution in [1.82, 2.24) is 15.1 Å². The van der Waals surface area contributed by atoms with Crippen molar-refractivity contribution < 1.29 is 9.59 Å². The Bertz CT molecular complexity index is 1240. The molecule has 2 aromatic carbocycles. The van der Waals surface area contributed by atoms with Crippen LogP contribution in [0.15, 0.2) is 76.2 Å². The molecule has 0 saturated carbocycles. The fourth-order valence-corrected chi connectivity index (χ4v) is 5.62. The van der Waals surface area contributed by atoms with Gasteiger partial charge in [-0.1, -0.05) is 35.9 Å². The molecule has 0 bridgehead atoms. The number of likely N-dealkylation sites (N-methyl/N-ethyl adjacent to an activating group) is 1. The summed E-state index contributed by atoms with van der Waals surface area (Å²) in [6, 6.07) is 19.1. The number of anilines is 1. The first-order valence-corrected chi connectivity index (χ1v) is 14.2. The number of nitrogens with one attached hydrogen (secondary N) is 2. The molecule has 0 spiro atoms. The molecule has 0 unspecified atom stereocenters. The molecule has 2 N–H and O–H groups in total. The van der Waals surface area contributed by atoms with Crippen LogP contribution in [0.5, 0.6) is 0 Å². The second-order valence-electron chi connectivity index (χ2n) is 8.81. The monoisotopic (exact) mass is 600 g/mol. The van der Waals surface area contributed by atoms with Crippen LogP contribution in [0.2, 0.25) is 5.02 Å². The summed E-state index contributed by atoms with van der Waals surface area (Å²) >= 11 is 11.5. The van der Waals surface area contributed by atoms with E-state index in [-0.39, 0.29) is 11.8 Å². The van der Waals surface area contributed by atoms with E-state index in [1.807, 2.05) is 60.5 Å². The Kier molecular flexibility index (Phi) is 9.80. The lowest BCUT2D eigenvalue weighted by molar-refractivity contribution is -0.112. The highest BCUT2D eigenvalue weighted by Gasteiger charge is 2.25. The van der Waals surface area contributed by atoms with Crippen LogP contribution in [0.25, 0.3) is 0 Å². The summed E-state index contributed by atoms with van der Waals surface area (Å²) in [4.78, 5) is 31.6. The molecule has 1 fully saturated rings. The van der Waals surface area contributed by atoms with E-state index in [2.05, 4.69) is 42.9 Å². The molecule has 194 valence electrons. The molecule has 3 aromatic rings. The lowest BCUT2D eigenvalue weighted by atomic mass is 10.0. The van der Waals surface area contributed by atoms with Crippen LogP contribution in [0.4, 0.5) is 5.69 Å². The van der Waals surface area contributed by atoms with Crippen molar-refractivity contribution in [1.29, 1.82) is 0 Å². The molecule has 0 radical (unpaired) electrons. The molecular weight excluding hydrogens is 572 g/mol. The quantitative estimate of drug-likeness (QED) is 0.322. The Morgan fingerprint density at radius 1 is 1.00 bits per heavy atom. The van der Waals surface area contributed by atoms with E-state index in [1.54, 1.807) is 17.4 Å². The van der Waals surface area contributed by atoms with Crippen LogP contribution in [-0.4, -0.2) is 61.4 Å². The smallest absolute Gasteiger partial charge is 0.264 e. The van der Waals surface area contributed by atoms with E-state index >= 15 is 0 Å². The molecule has 0 aliphatic carbocycles. The Morgan fingerprint density at radius 3 is 2.43 bits per heavy atom. The lowest BCUT2D eigenvalue weighted by Crippen LogP contribution is -2.49. The van der Waals surface area contributed by atoms with Gasteiger partial charge in [0.15, 0.2) is 0 Å². The van der Waals surface area contributed by atoms with Gasteiger partial charge in [-0.05, 0) is 76.1 Å². The third-order valence-corrected chi connectivity index (χ3v) is 8.37. The molecule has 1 saturated heterocycles. The van der Waals surface area contributed by atoms with Gasteiger partial charge >= 0.3 is 0 Å². The van der Waals surface area contributed by atoms with Crippen LogP contribution < -0.4 is 10.6 Å². The van der Waals surface area contributed by atoms with Gasteiger partial charge in [0.2, 0.25) is 0 Å². The van der Waals surface area contributed by atoms with Gasteiger partial charge in [0, 0.05) is 66.6 Å². The van der Waals surface area contributed by atoms with Gasteiger partial charge in [-0.25, -0.2) is 0 Å². The number of thiophene rings is 1. The van der Waals surface area contributed by atoms with E-state index < -0.39 is 0 Å². The molecule has 2 amide bonds. The molecule has 9 heteroatoms. The van der Waals surface area contributed by atoms with Gasteiger partial charge < -0.3 is 15.5 Å². The number of carbonyl (C=O) groups is 2. The summed E-state index contributed by atoms with van der Waals surface area (Å²) in [5, 5.41) is 8.77. The largest absolute Gasteiger partial charge is 0.389 e. The van der Waals surface area contributed by atoms with Crippen LogP contribution >= 0.6 is 38.9 Å². The van der Waals surface area contributed by atoms with Crippen molar-refractivity contribution >= 4 is 56.4 Å². The molecule has 0 atom stereocenters. The average molecular weight is 602 g/mol. The molecule has 6 nitrogen and oxygen atoms in total. The Labute approximate surface area is 235 Å². The van der Waals surface area contributed by atoms with Crippen molar-refractivity contribution in [3.05, 3.63) is 97.2 Å². The van der Waals surface area contributed by atoms with E-state index in [1.165, 1.54) is 4.88 Å². The topological polar surface area (TPSA) is 64.7 Å². The maximum absolute atomic E-state index is 13.4. The number of benzene rings is 2. The zero-order valence-corrected chi connectivity index (χ0v) is 23.8. The normalized spacial score (nSPS) is 14.7. The standard InChI is InChI=1S/C28H30BrClN4O2S/c1-31-25(26(29)27(35)32-22-6-3-2-4-7-22)19-33-13-15-34(16-14-33)28(36)24-12-10-21(30)18-20(24)9-11-23-8-5-17-37-23/h2-8,10,12,17-18,31H,9,11,13-16,19H2,1H3,(H,32,35)/b26-25+. The number of hydrogen-bond acceptors (Lipinski definition) is 5. The third-order valence-electron chi connectivity index (χ3n) is 6.36. The minimum Gasteiger partial charge on any atom is -0.389 e. The Morgan fingerprint density at radius 2 is 1.76 bits per heavy atom. The number of nitrogens with zero attached hydrogens (tertiary/aromatic N) is 2. The van der Waals surface area contributed by atoms with Crippen molar-refractivity contribution in [2.75, 3.05) is 45.1 Å². The number of carbonyl (C=O) groups excluding carboxylic acids is 2. The van der Waals surface area contributed by atoms with Crippen LogP contribution in [-0.2, 0) is 17.6 Å². The maximum atomic E-state index is 13.4. The summed E-state index contributed by atoms with van der Waals surface area (Å²) in [6.07, 6.45) is 1.66. The van der Waals surface area contributed by atoms with Gasteiger partial charge in [-0.15, -0.1) is 11.3 Å². The van der Waals surface area contributed by atoms with Crippen molar-refractivity contribution in [3.63, 3.8) is 0 Å². The zero-order chi connectivity index (χ0) is 26.2. The van der Waals surface area contributed by atoms with Crippen molar-refractivity contribution in [2.24, 2.45) is 0 Å². The first kappa shape index (κ1) is 27.4. The molecule has 37 heavy (non-hydrogen) atoms. The number of hydrogen-bond donors (Lipinski definition) is 2. The number of para-hydroxylation sites is 1. The van der Waals surface area contributed by atoms with E-state index in [0.29, 0.717) is 29.1 Å². The molecule has 4 rings (SSSR count). The predicted molar refractivity (Wildman–Crippen MR) is 156 cm³/mol. The van der Waals surface area contributed by atoms with Gasteiger partial charge in [0.25, 0.3) is 11.8 Å². The highest BCUT2D eigenvalue weighted by molar-refractivity contribution is 9.12. The van der Waals surface area contributed by atoms with Gasteiger partial charge in [-0.3, -0.25) is 14.5 Å².